The zero-order valence-corrected chi connectivity index (χ0v) is 33.3. The molecule has 6 aromatic rings. The van der Waals surface area contributed by atoms with Crippen molar-refractivity contribution in [3.8, 4) is 17.3 Å². The molecule has 2 atom stereocenters. The van der Waals surface area contributed by atoms with E-state index in [0.717, 1.165) is 39.6 Å². The van der Waals surface area contributed by atoms with Crippen LogP contribution in [0.5, 0.6) is 11.6 Å². The fraction of sp³-hybridized carbons (Fsp3) is 0.341. The zero-order chi connectivity index (χ0) is 35.4. The third-order valence-electron chi connectivity index (χ3n) is 11.0. The Morgan fingerprint density at radius 1 is 0.824 bits per heavy atom. The number of aromatic nitrogens is 3. The SMILES string of the molecule is Cc1ccc2c(c1C)C[C@]1(C)OC(c3[c-]c(Oc4[c-]c(-n5c6ccc(C(C)(C)C)cc6c6cccnc65)cc(C(C)(C)C)c4)ncc3)=N[C@]21C.[Pt+2]. The number of rotatable bonds is 4. The summed E-state index contributed by atoms with van der Waals surface area (Å²) in [4.78, 5) is 14.6. The van der Waals surface area contributed by atoms with E-state index in [0.29, 0.717) is 23.1 Å². The van der Waals surface area contributed by atoms with Crippen LogP contribution in [-0.2, 0) is 48.6 Å². The van der Waals surface area contributed by atoms with Gasteiger partial charge in [0, 0.05) is 29.1 Å². The predicted octanol–water partition coefficient (Wildman–Crippen LogP) is 10.2. The second kappa shape index (κ2) is 11.9. The van der Waals surface area contributed by atoms with Crippen molar-refractivity contribution in [2.45, 2.75) is 97.6 Å². The first-order valence-electron chi connectivity index (χ1n) is 17.5. The van der Waals surface area contributed by atoms with Crippen LogP contribution in [0.1, 0.15) is 94.3 Å². The predicted molar refractivity (Wildman–Crippen MR) is 201 cm³/mol. The van der Waals surface area contributed by atoms with Gasteiger partial charge in [0.2, 0.25) is 0 Å². The summed E-state index contributed by atoms with van der Waals surface area (Å²) < 4.78 is 15.4. The molecule has 3 aromatic carbocycles. The Hall–Kier alpha value is -4.28. The molecule has 7 heteroatoms. The van der Waals surface area contributed by atoms with Gasteiger partial charge in [0.15, 0.2) is 5.88 Å². The van der Waals surface area contributed by atoms with E-state index in [-0.39, 0.29) is 31.9 Å². The van der Waals surface area contributed by atoms with Gasteiger partial charge in [-0.2, -0.15) is 0 Å². The second-order valence-corrected chi connectivity index (χ2v) is 16.5. The van der Waals surface area contributed by atoms with Crippen molar-refractivity contribution in [1.29, 1.82) is 0 Å². The number of hydrogen-bond acceptors (Lipinski definition) is 5. The maximum Gasteiger partial charge on any atom is 2.00 e. The molecule has 4 heterocycles. The van der Waals surface area contributed by atoms with Crippen LogP contribution in [0.2, 0.25) is 0 Å². The van der Waals surface area contributed by atoms with Crippen LogP contribution in [0, 0.1) is 26.0 Å². The van der Waals surface area contributed by atoms with E-state index >= 15 is 0 Å². The van der Waals surface area contributed by atoms with Gasteiger partial charge in [-0.15, -0.1) is 41.5 Å². The molecule has 0 unspecified atom stereocenters. The molecule has 0 fully saturated rings. The molecule has 0 bridgehead atoms. The van der Waals surface area contributed by atoms with Crippen LogP contribution >= 0.6 is 0 Å². The molecule has 0 radical (unpaired) electrons. The first-order valence-corrected chi connectivity index (χ1v) is 17.5. The molecule has 0 saturated heterocycles. The van der Waals surface area contributed by atoms with Crippen molar-refractivity contribution < 1.29 is 30.5 Å². The van der Waals surface area contributed by atoms with Gasteiger partial charge in [-0.3, -0.25) is 4.99 Å². The van der Waals surface area contributed by atoms with Gasteiger partial charge < -0.3 is 14.0 Å². The fourth-order valence-electron chi connectivity index (χ4n) is 7.56. The minimum atomic E-state index is -0.498. The molecule has 1 aliphatic carbocycles. The van der Waals surface area contributed by atoms with Crippen molar-refractivity contribution in [1.82, 2.24) is 14.5 Å². The Morgan fingerprint density at radius 2 is 1.59 bits per heavy atom. The third kappa shape index (κ3) is 5.62. The molecule has 6 nitrogen and oxygen atoms in total. The van der Waals surface area contributed by atoms with Crippen molar-refractivity contribution in [2.24, 2.45) is 4.99 Å². The molecular formula is C44H44N4O2Pt. The molecule has 2 aliphatic rings. The van der Waals surface area contributed by atoms with Crippen LogP contribution in [0.15, 0.2) is 78.0 Å². The number of aliphatic imine (C=N–C) groups is 1. The van der Waals surface area contributed by atoms with Gasteiger partial charge in [0.1, 0.15) is 22.7 Å². The van der Waals surface area contributed by atoms with Crippen molar-refractivity contribution in [3.05, 3.63) is 124 Å². The summed E-state index contributed by atoms with van der Waals surface area (Å²) in [6.45, 7) is 22.1. The molecule has 0 saturated carbocycles. The van der Waals surface area contributed by atoms with Gasteiger partial charge in [0.05, 0.1) is 5.52 Å². The molecule has 0 N–H and O–H groups in total. The average molecular weight is 856 g/mol. The van der Waals surface area contributed by atoms with Gasteiger partial charge in [-0.05, 0) is 96.8 Å². The van der Waals surface area contributed by atoms with Gasteiger partial charge in [0.25, 0.3) is 0 Å². The summed E-state index contributed by atoms with van der Waals surface area (Å²) in [7, 11) is 0. The molecular weight excluding hydrogens is 812 g/mol. The van der Waals surface area contributed by atoms with Gasteiger partial charge in [-0.1, -0.05) is 65.4 Å². The monoisotopic (exact) mass is 855 g/mol. The molecule has 51 heavy (non-hydrogen) atoms. The van der Waals surface area contributed by atoms with E-state index in [1.54, 1.807) is 6.20 Å². The van der Waals surface area contributed by atoms with Crippen LogP contribution in [-0.4, -0.2) is 26.0 Å². The first-order chi connectivity index (χ1) is 23.6. The Labute approximate surface area is 315 Å². The summed E-state index contributed by atoms with van der Waals surface area (Å²) in [6.07, 6.45) is 4.38. The van der Waals surface area contributed by atoms with E-state index in [1.165, 1.54) is 27.8 Å². The summed E-state index contributed by atoms with van der Waals surface area (Å²) in [5, 5.41) is 2.27. The summed E-state index contributed by atoms with van der Waals surface area (Å²) in [5.74, 6) is 1.44. The minimum absolute atomic E-state index is 0. The number of nitrogens with zero attached hydrogens (tertiary/aromatic N) is 4. The Morgan fingerprint density at radius 3 is 2.33 bits per heavy atom. The van der Waals surface area contributed by atoms with Gasteiger partial charge in [-0.25, -0.2) is 9.97 Å². The van der Waals surface area contributed by atoms with Crippen molar-refractivity contribution in [3.63, 3.8) is 0 Å². The van der Waals surface area contributed by atoms with Crippen molar-refractivity contribution >= 4 is 27.8 Å². The van der Waals surface area contributed by atoms with E-state index in [4.69, 9.17) is 19.5 Å². The Bertz CT molecular complexity index is 2400. The van der Waals surface area contributed by atoms with E-state index < -0.39 is 11.1 Å². The van der Waals surface area contributed by atoms with E-state index in [9.17, 15) is 0 Å². The van der Waals surface area contributed by atoms with Crippen LogP contribution in [0.3, 0.4) is 0 Å². The standard InChI is InChI=1S/C44H44N4O2.Pt/c1-26-13-15-36-35(27(26)2)25-43(9)44(36,10)47-40(50-43)28-17-19-45-38(20-28)49-32-22-30(42(6,7)8)21-31(24-32)48-37-16-14-29(41(3,4)5)23-34(37)33-12-11-18-46-39(33)48;/h11-19,21-23H,25H2,1-10H3;/q-2;+2/t43-,44+;/m0./s1. The average Bonchev–Trinajstić information content (AvgIpc) is 3.61. The van der Waals surface area contributed by atoms with Gasteiger partial charge >= 0.3 is 21.1 Å². The topological polar surface area (TPSA) is 61.5 Å². The smallest absolute Gasteiger partial charge is 0.526 e. The van der Waals surface area contributed by atoms with Crippen LogP contribution < -0.4 is 4.74 Å². The van der Waals surface area contributed by atoms with Crippen LogP contribution in [0.4, 0.5) is 0 Å². The molecule has 262 valence electrons. The maximum absolute atomic E-state index is 6.70. The zero-order valence-electron chi connectivity index (χ0n) is 31.1. The normalized spacial score (nSPS) is 19.8. The van der Waals surface area contributed by atoms with E-state index in [2.05, 4.69) is 133 Å². The third-order valence-corrected chi connectivity index (χ3v) is 11.0. The number of benzene rings is 3. The number of hydrogen-bond donors (Lipinski definition) is 0. The summed E-state index contributed by atoms with van der Waals surface area (Å²) in [6, 6.07) is 28.3. The summed E-state index contributed by atoms with van der Waals surface area (Å²) >= 11 is 0. The largest absolute Gasteiger partial charge is 2.00 e. The number of pyridine rings is 2. The minimum Gasteiger partial charge on any atom is -0.526 e. The molecule has 0 amide bonds. The number of aryl methyl sites for hydroxylation is 1. The molecule has 0 spiro atoms. The molecule has 1 aliphatic heterocycles. The second-order valence-electron chi connectivity index (χ2n) is 16.5. The van der Waals surface area contributed by atoms with Crippen molar-refractivity contribution in [2.75, 3.05) is 0 Å². The maximum atomic E-state index is 6.70. The number of fused-ring (bicyclic) bond motifs is 6. The Kier molecular flexibility index (Phi) is 8.19. The molecule has 8 rings (SSSR count). The van der Waals surface area contributed by atoms with Crippen LogP contribution in [0.25, 0.3) is 27.6 Å². The number of ether oxygens (including phenoxy) is 2. The molecule has 3 aromatic heterocycles. The summed E-state index contributed by atoms with van der Waals surface area (Å²) in [5.41, 5.74) is 9.98. The quantitative estimate of drug-likeness (QED) is 0.166. The fourth-order valence-corrected chi connectivity index (χ4v) is 7.56. The van der Waals surface area contributed by atoms with E-state index in [1.807, 2.05) is 24.4 Å². The first kappa shape index (κ1) is 35.1. The Balaban J connectivity index is 0.00000406.